The van der Waals surface area contributed by atoms with E-state index in [0.29, 0.717) is 12.0 Å². The van der Waals surface area contributed by atoms with Crippen molar-refractivity contribution >= 4 is 5.97 Å². The molecule has 0 aliphatic carbocycles. The molecule has 0 aliphatic heterocycles. The number of hydrogen-bond acceptors (Lipinski definition) is 4. The van der Waals surface area contributed by atoms with Crippen molar-refractivity contribution in [3.8, 4) is 0 Å². The Morgan fingerprint density at radius 1 is 0.917 bits per heavy atom. The summed E-state index contributed by atoms with van der Waals surface area (Å²) in [7, 11) is 1.28. The second kappa shape index (κ2) is 12.8. The van der Waals surface area contributed by atoms with Crippen LogP contribution in [0.2, 0.25) is 0 Å². The van der Waals surface area contributed by atoms with Crippen LogP contribution in [0.15, 0.2) is 9.32 Å². The number of esters is 1. The lowest BCUT2D eigenvalue weighted by molar-refractivity contribution is 0.0553. The van der Waals surface area contributed by atoms with Gasteiger partial charge in [0.1, 0.15) is 0 Å². The van der Waals surface area contributed by atoms with Crippen molar-refractivity contribution in [1.82, 2.24) is 5.16 Å². The van der Waals surface area contributed by atoms with Crippen LogP contribution in [0, 0.1) is 0 Å². The molecule has 5 heteroatoms. The van der Waals surface area contributed by atoms with Crippen LogP contribution in [0.3, 0.4) is 0 Å². The minimum Gasteiger partial charge on any atom is -0.463 e. The van der Waals surface area contributed by atoms with Crippen molar-refractivity contribution in [3.05, 3.63) is 21.7 Å². The number of hydrogen-bond donors (Lipinski definition) is 1. The molecule has 1 rings (SSSR count). The monoisotopic (exact) mass is 339 g/mol. The molecule has 1 aromatic heterocycles. The molecule has 1 N–H and O–H groups in total. The van der Waals surface area contributed by atoms with E-state index in [1.807, 2.05) is 0 Å². The van der Waals surface area contributed by atoms with Gasteiger partial charge in [-0.3, -0.25) is 4.79 Å². The fourth-order valence-electron chi connectivity index (χ4n) is 2.95. The first-order chi connectivity index (χ1) is 11.7. The fourth-order valence-corrected chi connectivity index (χ4v) is 2.95. The molecule has 24 heavy (non-hydrogen) atoms. The third kappa shape index (κ3) is 7.84. The van der Waals surface area contributed by atoms with Crippen molar-refractivity contribution in [3.63, 3.8) is 0 Å². The summed E-state index contributed by atoms with van der Waals surface area (Å²) in [4.78, 5) is 23.1. The largest absolute Gasteiger partial charge is 0.463 e. The smallest absolute Gasteiger partial charge is 0.377 e. The normalized spacial score (nSPS) is 10.9. The van der Waals surface area contributed by atoms with Crippen molar-refractivity contribution in [2.45, 2.75) is 90.4 Å². The first-order valence-electron chi connectivity index (χ1n) is 9.49. The standard InChI is InChI=1S/C19H33NO4/c1-3-4-5-6-7-8-9-10-11-12-13-14-15-16-17(19(22)23-2)24-20-18(16)21/h3-15H2,1-2H3,(H,20,21). The van der Waals surface area contributed by atoms with Crippen molar-refractivity contribution < 1.29 is 14.1 Å². The highest BCUT2D eigenvalue weighted by Crippen LogP contribution is 2.14. The molecule has 0 unspecified atom stereocenters. The van der Waals surface area contributed by atoms with E-state index < -0.39 is 5.97 Å². The topological polar surface area (TPSA) is 72.3 Å². The van der Waals surface area contributed by atoms with Gasteiger partial charge in [-0.2, -0.15) is 5.16 Å². The second-order valence-corrected chi connectivity index (χ2v) is 6.47. The van der Waals surface area contributed by atoms with Gasteiger partial charge in [0, 0.05) is 0 Å². The SMILES string of the molecule is CCCCCCCCCCCCCCc1c(C(=O)OC)o[nH]c1=O. The van der Waals surface area contributed by atoms with Gasteiger partial charge in [0.2, 0.25) is 5.76 Å². The average Bonchev–Trinajstić information content (AvgIpc) is 2.96. The van der Waals surface area contributed by atoms with E-state index >= 15 is 0 Å². The Balaban J connectivity index is 2.04. The number of carbonyl (C=O) groups is 1. The average molecular weight is 339 g/mol. The number of rotatable bonds is 14. The Bertz CT molecular complexity index is 504. The van der Waals surface area contributed by atoms with Crippen LogP contribution in [-0.4, -0.2) is 18.2 Å². The van der Waals surface area contributed by atoms with Crippen LogP contribution in [0.5, 0.6) is 0 Å². The van der Waals surface area contributed by atoms with Gasteiger partial charge in [-0.15, -0.1) is 0 Å². The molecule has 1 heterocycles. The maximum atomic E-state index is 11.6. The maximum Gasteiger partial charge on any atom is 0.377 e. The summed E-state index contributed by atoms with van der Waals surface area (Å²) in [6, 6.07) is 0. The number of aromatic nitrogens is 1. The third-order valence-corrected chi connectivity index (χ3v) is 4.45. The molecule has 138 valence electrons. The van der Waals surface area contributed by atoms with E-state index in [1.54, 1.807) is 0 Å². The molecule has 0 saturated carbocycles. The summed E-state index contributed by atoms with van der Waals surface area (Å²) < 4.78 is 9.51. The Morgan fingerprint density at radius 3 is 1.92 bits per heavy atom. The van der Waals surface area contributed by atoms with Crippen LogP contribution in [0.4, 0.5) is 0 Å². The number of ether oxygens (including phenoxy) is 1. The van der Waals surface area contributed by atoms with Crippen molar-refractivity contribution in [2.75, 3.05) is 7.11 Å². The fraction of sp³-hybridized carbons (Fsp3) is 0.789. The summed E-state index contributed by atoms with van der Waals surface area (Å²) in [6.07, 6.45) is 15.8. The number of unbranched alkanes of at least 4 members (excludes halogenated alkanes) is 11. The van der Waals surface area contributed by atoms with Gasteiger partial charge < -0.3 is 9.26 Å². The lowest BCUT2D eigenvalue weighted by Crippen LogP contribution is -2.10. The summed E-state index contributed by atoms with van der Waals surface area (Å²) in [5, 5.41) is 2.21. The minimum atomic E-state index is -0.595. The molecule has 0 amide bonds. The van der Waals surface area contributed by atoms with Gasteiger partial charge >= 0.3 is 5.97 Å². The Hall–Kier alpha value is -1.52. The first-order valence-corrected chi connectivity index (χ1v) is 9.49. The Labute approximate surface area is 145 Å². The summed E-state index contributed by atoms with van der Waals surface area (Å²) in [5.74, 6) is -0.576. The van der Waals surface area contributed by atoms with E-state index in [9.17, 15) is 9.59 Å². The van der Waals surface area contributed by atoms with E-state index in [2.05, 4.69) is 16.8 Å². The van der Waals surface area contributed by atoms with Crippen LogP contribution >= 0.6 is 0 Å². The molecule has 0 radical (unpaired) electrons. The van der Waals surface area contributed by atoms with Gasteiger partial charge in [0.25, 0.3) is 5.56 Å². The second-order valence-electron chi connectivity index (χ2n) is 6.47. The van der Waals surface area contributed by atoms with Gasteiger partial charge in [0.15, 0.2) is 0 Å². The molecule has 0 bridgehead atoms. The number of carbonyl (C=O) groups excluding carboxylic acids is 1. The molecule has 0 aliphatic rings. The third-order valence-electron chi connectivity index (χ3n) is 4.45. The molecular weight excluding hydrogens is 306 g/mol. The van der Waals surface area contributed by atoms with Crippen LogP contribution < -0.4 is 5.56 Å². The minimum absolute atomic E-state index is 0.0190. The highest BCUT2D eigenvalue weighted by molar-refractivity contribution is 5.87. The van der Waals surface area contributed by atoms with Crippen LogP contribution in [0.1, 0.15) is 100 Å². The Morgan fingerprint density at radius 2 is 1.42 bits per heavy atom. The number of methoxy groups -OCH3 is 1. The van der Waals surface area contributed by atoms with Crippen molar-refractivity contribution in [1.29, 1.82) is 0 Å². The zero-order valence-corrected chi connectivity index (χ0v) is 15.3. The molecular formula is C19H33NO4. The predicted molar refractivity (Wildman–Crippen MR) is 95.5 cm³/mol. The van der Waals surface area contributed by atoms with E-state index in [1.165, 1.54) is 71.3 Å². The zero-order valence-electron chi connectivity index (χ0n) is 15.3. The van der Waals surface area contributed by atoms with Gasteiger partial charge in [-0.05, 0) is 12.8 Å². The molecule has 0 aromatic carbocycles. The molecule has 0 saturated heterocycles. The van der Waals surface area contributed by atoms with Gasteiger partial charge in [-0.25, -0.2) is 4.79 Å². The lowest BCUT2D eigenvalue weighted by atomic mass is 10.0. The van der Waals surface area contributed by atoms with Gasteiger partial charge in [-0.1, -0.05) is 77.6 Å². The van der Waals surface area contributed by atoms with E-state index in [4.69, 9.17) is 4.52 Å². The zero-order chi connectivity index (χ0) is 17.6. The van der Waals surface area contributed by atoms with Gasteiger partial charge in [0.05, 0.1) is 12.7 Å². The molecule has 0 spiro atoms. The molecule has 0 fully saturated rings. The van der Waals surface area contributed by atoms with E-state index in [-0.39, 0.29) is 11.3 Å². The Kier molecular flexibility index (Phi) is 11.0. The summed E-state index contributed by atoms with van der Waals surface area (Å²) in [6.45, 7) is 2.25. The number of aromatic amines is 1. The van der Waals surface area contributed by atoms with Crippen LogP contribution in [0.25, 0.3) is 0 Å². The summed E-state index contributed by atoms with van der Waals surface area (Å²) in [5.41, 5.74) is 0.0902. The highest BCUT2D eigenvalue weighted by atomic mass is 16.6. The summed E-state index contributed by atoms with van der Waals surface area (Å²) >= 11 is 0. The quantitative estimate of drug-likeness (QED) is 0.382. The van der Waals surface area contributed by atoms with E-state index in [0.717, 1.165) is 12.8 Å². The first kappa shape index (κ1) is 20.5. The van der Waals surface area contributed by atoms with Crippen molar-refractivity contribution in [2.24, 2.45) is 0 Å². The predicted octanol–water partition coefficient (Wildman–Crippen LogP) is 5.00. The lowest BCUT2D eigenvalue weighted by Gasteiger charge is -2.03. The number of H-pyrrole nitrogens is 1. The highest BCUT2D eigenvalue weighted by Gasteiger charge is 2.19. The molecule has 0 atom stereocenters. The molecule has 5 nitrogen and oxygen atoms in total. The van der Waals surface area contributed by atoms with Crippen LogP contribution in [-0.2, 0) is 11.2 Å². The molecule has 1 aromatic rings. The number of nitrogens with one attached hydrogen (secondary N) is 1. The maximum absolute atomic E-state index is 11.6.